The Kier molecular flexibility index (Phi) is 16.7. The van der Waals surface area contributed by atoms with Crippen LogP contribution in [0.4, 0.5) is 42.7 Å². The minimum Gasteiger partial charge on any atom is -0.443 e. The highest BCUT2D eigenvalue weighted by Gasteiger charge is 2.37. The van der Waals surface area contributed by atoms with Crippen molar-refractivity contribution in [3.05, 3.63) is 36.4 Å². The van der Waals surface area contributed by atoms with Crippen LogP contribution in [0, 0.1) is 11.8 Å². The summed E-state index contributed by atoms with van der Waals surface area (Å²) in [5, 5.41) is 0.366. The Hall–Kier alpha value is -7.45. The van der Waals surface area contributed by atoms with Crippen molar-refractivity contribution in [2.45, 2.75) is 144 Å². The largest absolute Gasteiger partial charge is 0.443 e. The van der Waals surface area contributed by atoms with Gasteiger partial charge < -0.3 is 42.8 Å². The molecular formula is C54H71ClN16O10. The van der Waals surface area contributed by atoms with E-state index in [-0.39, 0.29) is 11.9 Å². The van der Waals surface area contributed by atoms with Gasteiger partial charge >= 0.3 is 24.4 Å². The number of amides is 4. The van der Waals surface area contributed by atoms with Crippen LogP contribution in [0.5, 0.6) is 0 Å². The standard InChI is InChI=1S/C27H35ClN8O5.C27H36N8O5/c1-26(2,3)40-24(37)36(25(38)41-27(4,5)6)23-29-13-17(14-30-23)19-32-20(34-9-11-39-12-10-34)18-21(33-19)35(22(28)31-18)15-16-7-8-16;1-26(2,3)39-24(36)35(25(37)40-27(4,5)6)23-28-13-18(14-29-23)20-31-21(33-9-11-38-12-10-33)19-22(32-20)34(16-30-19)15-17-7-8-17/h13-14,16H,7-12,15H2,1-6H3;13-14,16-17H,7-12,15H2,1-6H3. The van der Waals surface area contributed by atoms with Gasteiger partial charge in [0.2, 0.25) is 17.2 Å². The van der Waals surface area contributed by atoms with Crippen LogP contribution in [0.15, 0.2) is 31.1 Å². The Morgan fingerprint density at radius 2 is 0.889 bits per heavy atom. The molecule has 434 valence electrons. The first kappa shape index (κ1) is 58.2. The zero-order valence-corrected chi connectivity index (χ0v) is 48.8. The lowest BCUT2D eigenvalue weighted by Gasteiger charge is -2.28. The molecule has 0 spiro atoms. The van der Waals surface area contributed by atoms with Crippen molar-refractivity contribution in [2.24, 2.45) is 11.8 Å². The minimum atomic E-state index is -0.953. The van der Waals surface area contributed by atoms with Crippen LogP contribution >= 0.6 is 11.6 Å². The summed E-state index contributed by atoms with van der Waals surface area (Å²) in [4.78, 5) is 103. The Labute approximate surface area is 474 Å². The van der Waals surface area contributed by atoms with Gasteiger partial charge in [0, 0.05) is 64.1 Å². The van der Waals surface area contributed by atoms with E-state index in [1.807, 2.05) is 10.9 Å². The van der Waals surface area contributed by atoms with E-state index in [1.165, 1.54) is 37.6 Å². The van der Waals surface area contributed by atoms with Crippen molar-refractivity contribution in [2.75, 3.05) is 72.2 Å². The summed E-state index contributed by atoms with van der Waals surface area (Å²) in [6, 6.07) is 0. The minimum absolute atomic E-state index is 0.180. The molecule has 0 bridgehead atoms. The third kappa shape index (κ3) is 14.9. The van der Waals surface area contributed by atoms with E-state index in [0.29, 0.717) is 119 Å². The van der Waals surface area contributed by atoms with Gasteiger partial charge in [0.25, 0.3) is 0 Å². The van der Waals surface area contributed by atoms with Gasteiger partial charge in [-0.15, -0.1) is 9.80 Å². The van der Waals surface area contributed by atoms with Crippen molar-refractivity contribution in [3.8, 4) is 22.8 Å². The highest BCUT2D eigenvalue weighted by Crippen LogP contribution is 2.37. The number of morpholine rings is 2. The van der Waals surface area contributed by atoms with Crippen LogP contribution in [0.1, 0.15) is 109 Å². The fourth-order valence-electron chi connectivity index (χ4n) is 8.38. The molecule has 4 amide bonds. The van der Waals surface area contributed by atoms with Crippen molar-refractivity contribution in [1.29, 1.82) is 0 Å². The molecule has 0 atom stereocenters. The van der Waals surface area contributed by atoms with Crippen LogP contribution in [-0.2, 0) is 41.5 Å². The van der Waals surface area contributed by atoms with Gasteiger partial charge in [-0.05, 0) is 132 Å². The van der Waals surface area contributed by atoms with Gasteiger partial charge in [0.15, 0.2) is 45.6 Å². The van der Waals surface area contributed by atoms with Crippen LogP contribution in [0.3, 0.4) is 0 Å². The van der Waals surface area contributed by atoms with E-state index in [2.05, 4.69) is 44.3 Å². The third-order valence-electron chi connectivity index (χ3n) is 12.4. The Balaban J connectivity index is 0.000000196. The summed E-state index contributed by atoms with van der Waals surface area (Å²) in [5.41, 5.74) is 0.321. The summed E-state index contributed by atoms with van der Waals surface area (Å²) in [7, 11) is 0. The maximum atomic E-state index is 13.0. The highest BCUT2D eigenvalue weighted by atomic mass is 35.5. The number of imidazole rings is 2. The first-order valence-electron chi connectivity index (χ1n) is 27.2. The number of ether oxygens (including phenoxy) is 6. The molecule has 81 heavy (non-hydrogen) atoms. The smallest absolute Gasteiger partial charge is 0.427 e. The molecule has 4 aliphatic rings. The Morgan fingerprint density at radius 3 is 1.27 bits per heavy atom. The quantitative estimate of drug-likeness (QED) is 0.0913. The molecule has 2 aliphatic heterocycles. The van der Waals surface area contributed by atoms with Crippen LogP contribution in [0.2, 0.25) is 5.28 Å². The monoisotopic (exact) mass is 1140 g/mol. The second-order valence-electron chi connectivity index (χ2n) is 24.2. The van der Waals surface area contributed by atoms with E-state index in [1.54, 1.807) is 83.1 Å². The summed E-state index contributed by atoms with van der Waals surface area (Å²) >= 11 is 6.58. The number of halogens is 1. The van der Waals surface area contributed by atoms with Crippen LogP contribution in [0.25, 0.3) is 45.1 Å². The lowest BCUT2D eigenvalue weighted by atomic mass is 10.2. The summed E-state index contributed by atoms with van der Waals surface area (Å²) < 4.78 is 36.8. The van der Waals surface area contributed by atoms with Gasteiger partial charge in [0.1, 0.15) is 22.4 Å². The topological polar surface area (TPSA) is 275 Å². The number of imide groups is 2. The SMILES string of the molecule is CC(C)(C)OC(=O)N(C(=O)OC(C)(C)C)c1ncc(-c2nc(N3CCOCC3)c3nc(Cl)n(CC4CC4)c3n2)cn1.CC(C)(C)OC(=O)N(C(=O)OC(C)(C)C)c1ncc(-c2nc(N3CCOCC3)c3ncn(CC4CC4)c3n2)cn1. The normalized spacial score (nSPS) is 16.2. The zero-order valence-electron chi connectivity index (χ0n) is 48.1. The summed E-state index contributed by atoms with van der Waals surface area (Å²) in [6.07, 6.45) is 8.61. The highest BCUT2D eigenvalue weighted by molar-refractivity contribution is 6.29. The molecule has 27 heteroatoms. The van der Waals surface area contributed by atoms with Gasteiger partial charge in [0.05, 0.1) is 43.9 Å². The molecule has 4 fully saturated rings. The van der Waals surface area contributed by atoms with Crippen molar-refractivity contribution >= 4 is 81.8 Å². The second kappa shape index (κ2) is 23.2. The Morgan fingerprint density at radius 1 is 0.519 bits per heavy atom. The van der Waals surface area contributed by atoms with Crippen LogP contribution < -0.4 is 19.6 Å². The number of aromatic nitrogens is 12. The maximum Gasteiger partial charge on any atom is 0.427 e. The Bertz CT molecular complexity index is 3200. The van der Waals surface area contributed by atoms with Crippen molar-refractivity contribution < 1.29 is 47.6 Å². The molecule has 0 aromatic carbocycles. The van der Waals surface area contributed by atoms with Crippen LogP contribution in [-0.4, -0.2) is 158 Å². The number of carbonyl (C=O) groups excluding carboxylic acids is 4. The average Bonchev–Trinajstić information content (AvgIpc) is 4.51. The van der Waals surface area contributed by atoms with Gasteiger partial charge in [-0.3, -0.25) is 4.57 Å². The first-order valence-corrected chi connectivity index (χ1v) is 27.5. The molecule has 2 saturated heterocycles. The molecule has 8 heterocycles. The van der Waals surface area contributed by atoms with E-state index >= 15 is 0 Å². The third-order valence-corrected chi connectivity index (χ3v) is 12.7. The lowest BCUT2D eigenvalue weighted by Crippen LogP contribution is -2.44. The number of nitrogens with zero attached hydrogens (tertiary/aromatic N) is 16. The summed E-state index contributed by atoms with van der Waals surface area (Å²) in [6.45, 7) is 27.0. The molecule has 2 saturated carbocycles. The molecular weight excluding hydrogens is 1070 g/mol. The fourth-order valence-corrected chi connectivity index (χ4v) is 8.62. The molecule has 2 aliphatic carbocycles. The number of hydrogen-bond donors (Lipinski definition) is 0. The molecule has 6 aromatic heterocycles. The fraction of sp³-hybridized carbons (Fsp3) is 0.593. The number of hydrogen-bond acceptors (Lipinski definition) is 22. The first-order chi connectivity index (χ1) is 38.2. The lowest BCUT2D eigenvalue weighted by molar-refractivity contribution is 0.0404. The summed E-state index contributed by atoms with van der Waals surface area (Å²) in [5.74, 6) is 2.96. The molecule has 10 rings (SSSR count). The number of carbonyl (C=O) groups is 4. The van der Waals surface area contributed by atoms with E-state index in [9.17, 15) is 19.2 Å². The number of anilines is 4. The zero-order chi connectivity index (χ0) is 58.2. The molecule has 0 N–H and O–H groups in total. The van der Waals surface area contributed by atoms with Gasteiger partial charge in [-0.25, -0.2) is 69.0 Å². The van der Waals surface area contributed by atoms with Crippen molar-refractivity contribution in [1.82, 2.24) is 59.0 Å². The van der Waals surface area contributed by atoms with E-state index < -0.39 is 46.8 Å². The molecule has 0 radical (unpaired) electrons. The van der Waals surface area contributed by atoms with E-state index in [4.69, 9.17) is 60.0 Å². The maximum absolute atomic E-state index is 13.0. The van der Waals surface area contributed by atoms with Gasteiger partial charge in [-0.2, -0.15) is 0 Å². The molecule has 6 aromatic rings. The predicted molar refractivity (Wildman–Crippen MR) is 299 cm³/mol. The predicted octanol–water partition coefficient (Wildman–Crippen LogP) is 9.07. The van der Waals surface area contributed by atoms with Crippen molar-refractivity contribution in [3.63, 3.8) is 0 Å². The van der Waals surface area contributed by atoms with E-state index in [0.717, 1.165) is 42.9 Å². The molecule has 26 nitrogen and oxygen atoms in total. The second-order valence-corrected chi connectivity index (χ2v) is 24.5. The van der Waals surface area contributed by atoms with Gasteiger partial charge in [-0.1, -0.05) is 0 Å². The number of rotatable bonds is 10. The number of fused-ring (bicyclic) bond motifs is 2. The average molecular weight is 1140 g/mol. The molecule has 0 unspecified atom stereocenters.